The summed E-state index contributed by atoms with van der Waals surface area (Å²) in [6.45, 7) is 1.29. The Morgan fingerprint density at radius 3 is 2.54 bits per heavy atom. The SMILES string of the molecule is CS(=O)(=O)CCNCCCCC#N. The van der Waals surface area contributed by atoms with Crippen molar-refractivity contribution in [2.75, 3.05) is 25.1 Å². The van der Waals surface area contributed by atoms with Crippen molar-refractivity contribution >= 4 is 9.84 Å². The summed E-state index contributed by atoms with van der Waals surface area (Å²) in [6, 6.07) is 2.06. The molecule has 0 aromatic heterocycles. The summed E-state index contributed by atoms with van der Waals surface area (Å²) in [5.74, 6) is 0.186. The van der Waals surface area contributed by atoms with Gasteiger partial charge in [-0.05, 0) is 19.4 Å². The first-order chi connectivity index (χ1) is 6.06. The Kier molecular flexibility index (Phi) is 6.55. The topological polar surface area (TPSA) is 70.0 Å². The fourth-order valence-corrected chi connectivity index (χ4v) is 1.35. The molecule has 0 aromatic carbocycles. The van der Waals surface area contributed by atoms with Crippen molar-refractivity contribution in [3.05, 3.63) is 0 Å². The van der Waals surface area contributed by atoms with Crippen LogP contribution in [0.1, 0.15) is 19.3 Å². The minimum atomic E-state index is -2.84. The van der Waals surface area contributed by atoms with E-state index in [1.807, 2.05) is 0 Å². The van der Waals surface area contributed by atoms with Crippen LogP contribution >= 0.6 is 0 Å². The Labute approximate surface area is 79.9 Å². The molecule has 0 saturated carbocycles. The lowest BCUT2D eigenvalue weighted by Gasteiger charge is -2.01. The molecule has 0 atom stereocenters. The molecule has 0 aliphatic rings. The first-order valence-electron chi connectivity index (χ1n) is 4.31. The maximum atomic E-state index is 10.7. The lowest BCUT2D eigenvalue weighted by Crippen LogP contribution is -2.23. The predicted molar refractivity (Wildman–Crippen MR) is 52.0 cm³/mol. The van der Waals surface area contributed by atoms with E-state index in [1.165, 1.54) is 6.26 Å². The molecule has 0 spiro atoms. The van der Waals surface area contributed by atoms with Crippen LogP contribution in [0.2, 0.25) is 0 Å². The maximum Gasteiger partial charge on any atom is 0.148 e. The van der Waals surface area contributed by atoms with Crippen LogP contribution in [0, 0.1) is 11.3 Å². The Morgan fingerprint density at radius 2 is 2.00 bits per heavy atom. The summed E-state index contributed by atoms with van der Waals surface area (Å²) < 4.78 is 21.4. The second-order valence-corrected chi connectivity index (χ2v) is 5.25. The lowest BCUT2D eigenvalue weighted by atomic mass is 10.2. The molecule has 76 valence electrons. The normalized spacial score (nSPS) is 11.1. The van der Waals surface area contributed by atoms with Gasteiger partial charge >= 0.3 is 0 Å². The standard InChI is InChI=1S/C8H16N2O2S/c1-13(11,12)8-7-10-6-4-2-3-5-9/h10H,2-4,6-8H2,1H3. The molecule has 0 aromatic rings. The quantitative estimate of drug-likeness (QED) is 0.606. The highest BCUT2D eigenvalue weighted by molar-refractivity contribution is 7.90. The number of rotatable bonds is 7. The minimum Gasteiger partial charge on any atom is -0.316 e. The van der Waals surface area contributed by atoms with Gasteiger partial charge in [-0.1, -0.05) is 0 Å². The van der Waals surface area contributed by atoms with Crippen molar-refractivity contribution < 1.29 is 8.42 Å². The second kappa shape index (κ2) is 6.87. The van der Waals surface area contributed by atoms with Crippen molar-refractivity contribution in [2.24, 2.45) is 0 Å². The van der Waals surface area contributed by atoms with E-state index in [0.717, 1.165) is 19.4 Å². The van der Waals surface area contributed by atoms with Gasteiger partial charge in [-0.3, -0.25) is 0 Å². The number of unbranched alkanes of at least 4 members (excludes halogenated alkanes) is 2. The lowest BCUT2D eigenvalue weighted by molar-refractivity contribution is 0.593. The largest absolute Gasteiger partial charge is 0.316 e. The molecular formula is C8H16N2O2S. The third-order valence-corrected chi connectivity index (χ3v) is 2.49. The van der Waals surface area contributed by atoms with Gasteiger partial charge in [0.05, 0.1) is 11.8 Å². The van der Waals surface area contributed by atoms with Crippen LogP contribution in [0.15, 0.2) is 0 Å². The van der Waals surface area contributed by atoms with Crippen LogP contribution < -0.4 is 5.32 Å². The molecule has 0 bridgehead atoms. The molecule has 0 unspecified atom stereocenters. The van der Waals surface area contributed by atoms with Crippen molar-refractivity contribution in [1.82, 2.24) is 5.32 Å². The van der Waals surface area contributed by atoms with E-state index < -0.39 is 9.84 Å². The number of nitrogens with zero attached hydrogens (tertiary/aromatic N) is 1. The summed E-state index contributed by atoms with van der Waals surface area (Å²) in [5, 5.41) is 11.2. The highest BCUT2D eigenvalue weighted by Crippen LogP contribution is 1.91. The first kappa shape index (κ1) is 12.4. The number of sulfone groups is 1. The highest BCUT2D eigenvalue weighted by Gasteiger charge is 1.99. The van der Waals surface area contributed by atoms with Crippen LogP contribution in [-0.4, -0.2) is 33.5 Å². The Morgan fingerprint density at radius 1 is 1.31 bits per heavy atom. The van der Waals surface area contributed by atoms with Gasteiger partial charge in [0.1, 0.15) is 9.84 Å². The van der Waals surface area contributed by atoms with Crippen molar-refractivity contribution in [3.8, 4) is 6.07 Å². The number of nitriles is 1. The van der Waals surface area contributed by atoms with Gasteiger partial charge in [0, 0.05) is 19.2 Å². The zero-order valence-electron chi connectivity index (χ0n) is 7.91. The first-order valence-corrected chi connectivity index (χ1v) is 6.38. The average Bonchev–Trinajstić information content (AvgIpc) is 2.01. The fourth-order valence-electron chi connectivity index (χ4n) is 0.837. The molecule has 0 radical (unpaired) electrons. The van der Waals surface area contributed by atoms with Crippen molar-refractivity contribution in [2.45, 2.75) is 19.3 Å². The summed E-state index contributed by atoms with van der Waals surface area (Å²) in [6.07, 6.45) is 3.61. The Hall–Kier alpha value is -0.600. The molecule has 0 heterocycles. The Bertz CT molecular complexity index is 254. The molecular weight excluding hydrogens is 188 g/mol. The molecule has 0 fully saturated rings. The van der Waals surface area contributed by atoms with Crippen LogP contribution in [0.4, 0.5) is 0 Å². The zero-order chi connectivity index (χ0) is 10.2. The van der Waals surface area contributed by atoms with Crippen LogP contribution in [0.5, 0.6) is 0 Å². The summed E-state index contributed by atoms with van der Waals surface area (Å²) in [4.78, 5) is 0. The molecule has 1 N–H and O–H groups in total. The number of hydrogen-bond acceptors (Lipinski definition) is 4. The number of hydrogen-bond donors (Lipinski definition) is 1. The third kappa shape index (κ3) is 11.4. The van der Waals surface area contributed by atoms with Gasteiger partial charge in [0.25, 0.3) is 0 Å². The molecule has 5 heteroatoms. The molecule has 0 amide bonds. The zero-order valence-corrected chi connectivity index (χ0v) is 8.73. The molecule has 0 saturated heterocycles. The van der Waals surface area contributed by atoms with Crippen LogP contribution in [0.25, 0.3) is 0 Å². The van der Waals surface area contributed by atoms with Gasteiger partial charge in [0.2, 0.25) is 0 Å². The van der Waals surface area contributed by atoms with E-state index in [1.54, 1.807) is 0 Å². The minimum absolute atomic E-state index is 0.186. The van der Waals surface area contributed by atoms with Gasteiger partial charge in [-0.15, -0.1) is 0 Å². The second-order valence-electron chi connectivity index (χ2n) is 3.00. The van der Waals surface area contributed by atoms with E-state index in [0.29, 0.717) is 13.0 Å². The highest BCUT2D eigenvalue weighted by atomic mass is 32.2. The Balaban J connectivity index is 3.14. The maximum absolute atomic E-state index is 10.7. The van der Waals surface area contributed by atoms with Gasteiger partial charge in [-0.25, -0.2) is 8.42 Å². The van der Waals surface area contributed by atoms with E-state index in [2.05, 4.69) is 11.4 Å². The molecule has 0 rings (SSSR count). The van der Waals surface area contributed by atoms with Gasteiger partial charge in [0.15, 0.2) is 0 Å². The molecule has 4 nitrogen and oxygen atoms in total. The fraction of sp³-hybridized carbons (Fsp3) is 0.875. The summed E-state index contributed by atoms with van der Waals surface area (Å²) in [7, 11) is -2.84. The van der Waals surface area contributed by atoms with Gasteiger partial charge in [-0.2, -0.15) is 5.26 Å². The van der Waals surface area contributed by atoms with Crippen molar-refractivity contribution in [3.63, 3.8) is 0 Å². The van der Waals surface area contributed by atoms with Crippen LogP contribution in [0.3, 0.4) is 0 Å². The predicted octanol–water partition coefficient (Wildman–Crippen LogP) is 0.314. The van der Waals surface area contributed by atoms with Crippen molar-refractivity contribution in [1.29, 1.82) is 5.26 Å². The van der Waals surface area contributed by atoms with E-state index >= 15 is 0 Å². The molecule has 13 heavy (non-hydrogen) atoms. The molecule has 0 aliphatic carbocycles. The molecule has 0 aliphatic heterocycles. The van der Waals surface area contributed by atoms with Gasteiger partial charge < -0.3 is 5.32 Å². The summed E-state index contributed by atoms with van der Waals surface area (Å²) >= 11 is 0. The summed E-state index contributed by atoms with van der Waals surface area (Å²) in [5.41, 5.74) is 0. The van der Waals surface area contributed by atoms with E-state index in [4.69, 9.17) is 5.26 Å². The van der Waals surface area contributed by atoms with E-state index in [-0.39, 0.29) is 5.75 Å². The number of nitrogens with one attached hydrogen (secondary N) is 1. The van der Waals surface area contributed by atoms with E-state index in [9.17, 15) is 8.42 Å². The van der Waals surface area contributed by atoms with Crippen LogP contribution in [-0.2, 0) is 9.84 Å². The smallest absolute Gasteiger partial charge is 0.148 e. The monoisotopic (exact) mass is 204 g/mol. The average molecular weight is 204 g/mol. The third-order valence-electron chi connectivity index (χ3n) is 1.54.